The maximum Gasteiger partial charge on any atom is 0.0868 e. The van der Waals surface area contributed by atoms with Crippen molar-refractivity contribution >= 4 is 11.8 Å². The van der Waals surface area contributed by atoms with Gasteiger partial charge in [0, 0.05) is 30.7 Å². The van der Waals surface area contributed by atoms with Gasteiger partial charge in [-0.25, -0.2) is 0 Å². The molecule has 0 radical (unpaired) electrons. The molecule has 1 saturated heterocycles. The lowest BCUT2D eigenvalue weighted by Gasteiger charge is -2.35. The molecule has 1 aliphatic rings. The third-order valence-corrected chi connectivity index (χ3v) is 3.77. The zero-order valence-electron chi connectivity index (χ0n) is 7.73. The fourth-order valence-electron chi connectivity index (χ4n) is 1.49. The average Bonchev–Trinajstić information content (AvgIpc) is 2.49. The third kappa shape index (κ3) is 1.89. The van der Waals surface area contributed by atoms with Gasteiger partial charge in [0.1, 0.15) is 0 Å². The predicted molar refractivity (Wildman–Crippen MR) is 53.9 cm³/mol. The molecular weight excluding hydrogens is 184 g/mol. The van der Waals surface area contributed by atoms with Crippen molar-refractivity contribution in [3.05, 3.63) is 18.0 Å². The Balaban J connectivity index is 2.01. The van der Waals surface area contributed by atoms with Crippen LogP contribution in [0.25, 0.3) is 0 Å². The van der Waals surface area contributed by atoms with Crippen LogP contribution in [-0.4, -0.2) is 32.0 Å². The number of aromatic nitrogens is 2. The van der Waals surface area contributed by atoms with Crippen LogP contribution in [-0.2, 0) is 13.0 Å². The number of aryl methyl sites for hydroxylation is 1. The van der Waals surface area contributed by atoms with E-state index in [1.54, 1.807) is 11.8 Å². The molecule has 2 heterocycles. The number of rotatable bonds is 3. The Hall–Kier alpha value is -0.480. The summed E-state index contributed by atoms with van der Waals surface area (Å²) in [5, 5.41) is 14.1. The standard InChI is InChI=1S/C9H14N2OS/c1-2-11-5-8(4-10-11)3-9(12)6-13-7-9/h4-5,12H,2-3,6-7H2,1H3. The zero-order chi connectivity index (χ0) is 9.31. The molecule has 13 heavy (non-hydrogen) atoms. The van der Waals surface area contributed by atoms with Crippen LogP contribution < -0.4 is 0 Å². The lowest BCUT2D eigenvalue weighted by atomic mass is 10.00. The maximum atomic E-state index is 9.89. The van der Waals surface area contributed by atoms with E-state index >= 15 is 0 Å². The first-order valence-electron chi connectivity index (χ1n) is 4.53. The van der Waals surface area contributed by atoms with Crippen molar-refractivity contribution in [2.75, 3.05) is 11.5 Å². The minimum absolute atomic E-state index is 0.452. The summed E-state index contributed by atoms with van der Waals surface area (Å²) in [5.74, 6) is 1.73. The van der Waals surface area contributed by atoms with Crippen molar-refractivity contribution in [1.82, 2.24) is 9.78 Å². The average molecular weight is 198 g/mol. The van der Waals surface area contributed by atoms with Gasteiger partial charge in [0.05, 0.1) is 11.8 Å². The number of hydrogen-bond acceptors (Lipinski definition) is 3. The van der Waals surface area contributed by atoms with E-state index in [0.29, 0.717) is 0 Å². The monoisotopic (exact) mass is 198 g/mol. The highest BCUT2D eigenvalue weighted by Gasteiger charge is 2.35. The van der Waals surface area contributed by atoms with Gasteiger partial charge in [-0.2, -0.15) is 16.9 Å². The summed E-state index contributed by atoms with van der Waals surface area (Å²) < 4.78 is 1.89. The van der Waals surface area contributed by atoms with Crippen molar-refractivity contribution in [1.29, 1.82) is 0 Å². The molecule has 0 amide bonds. The van der Waals surface area contributed by atoms with Gasteiger partial charge in [0.15, 0.2) is 0 Å². The molecule has 0 atom stereocenters. The molecule has 1 N–H and O–H groups in total. The largest absolute Gasteiger partial charge is 0.388 e. The van der Waals surface area contributed by atoms with Crippen LogP contribution in [0.2, 0.25) is 0 Å². The second-order valence-electron chi connectivity index (χ2n) is 3.60. The van der Waals surface area contributed by atoms with Gasteiger partial charge in [-0.15, -0.1) is 0 Å². The van der Waals surface area contributed by atoms with Crippen LogP contribution in [0.5, 0.6) is 0 Å². The molecule has 1 aromatic heterocycles. The third-order valence-electron chi connectivity index (χ3n) is 2.29. The summed E-state index contributed by atoms with van der Waals surface area (Å²) in [5.41, 5.74) is 0.691. The van der Waals surface area contributed by atoms with Gasteiger partial charge in [-0.3, -0.25) is 4.68 Å². The van der Waals surface area contributed by atoms with E-state index in [-0.39, 0.29) is 0 Å². The minimum Gasteiger partial charge on any atom is -0.388 e. The Bertz CT molecular complexity index is 294. The van der Waals surface area contributed by atoms with Gasteiger partial charge in [0.2, 0.25) is 0 Å². The number of nitrogens with zero attached hydrogens (tertiary/aromatic N) is 2. The Morgan fingerprint density at radius 1 is 1.69 bits per heavy atom. The maximum absolute atomic E-state index is 9.89. The molecule has 3 nitrogen and oxygen atoms in total. The molecule has 0 bridgehead atoms. The Morgan fingerprint density at radius 2 is 2.46 bits per heavy atom. The van der Waals surface area contributed by atoms with Gasteiger partial charge >= 0.3 is 0 Å². The van der Waals surface area contributed by atoms with E-state index in [2.05, 4.69) is 12.0 Å². The SMILES string of the molecule is CCn1cc(CC2(O)CSC2)cn1. The number of aliphatic hydroxyl groups is 1. The second-order valence-corrected chi connectivity index (χ2v) is 4.58. The van der Waals surface area contributed by atoms with Gasteiger partial charge in [0.25, 0.3) is 0 Å². The summed E-state index contributed by atoms with van der Waals surface area (Å²) in [6.45, 7) is 2.96. The molecule has 0 aliphatic carbocycles. The van der Waals surface area contributed by atoms with Crippen molar-refractivity contribution in [2.24, 2.45) is 0 Å². The highest BCUT2D eigenvalue weighted by Crippen LogP contribution is 2.32. The molecule has 0 unspecified atom stereocenters. The Kier molecular flexibility index (Phi) is 2.34. The predicted octanol–water partition coefficient (Wildman–Crippen LogP) is 0.923. The normalized spacial score (nSPS) is 19.8. The lowest BCUT2D eigenvalue weighted by molar-refractivity contribution is 0.0793. The van der Waals surface area contributed by atoms with Crippen molar-refractivity contribution in [2.45, 2.75) is 25.5 Å². The zero-order valence-corrected chi connectivity index (χ0v) is 8.55. The van der Waals surface area contributed by atoms with Crippen LogP contribution in [0, 0.1) is 0 Å². The van der Waals surface area contributed by atoms with Crippen LogP contribution in [0.4, 0.5) is 0 Å². The first kappa shape index (κ1) is 9.09. The molecule has 0 aromatic carbocycles. The lowest BCUT2D eigenvalue weighted by Crippen LogP contribution is -2.45. The van der Waals surface area contributed by atoms with E-state index < -0.39 is 5.60 Å². The summed E-state index contributed by atoms with van der Waals surface area (Å²) in [6, 6.07) is 0. The van der Waals surface area contributed by atoms with Crippen molar-refractivity contribution < 1.29 is 5.11 Å². The van der Waals surface area contributed by atoms with Gasteiger partial charge < -0.3 is 5.11 Å². The highest BCUT2D eigenvalue weighted by atomic mass is 32.2. The smallest absolute Gasteiger partial charge is 0.0868 e. The van der Waals surface area contributed by atoms with E-state index in [1.807, 2.05) is 17.1 Å². The van der Waals surface area contributed by atoms with E-state index in [0.717, 1.165) is 30.0 Å². The molecule has 2 rings (SSSR count). The quantitative estimate of drug-likeness (QED) is 0.785. The minimum atomic E-state index is -0.452. The van der Waals surface area contributed by atoms with E-state index in [1.165, 1.54) is 0 Å². The Labute approximate surface area is 82.1 Å². The van der Waals surface area contributed by atoms with Crippen LogP contribution in [0.1, 0.15) is 12.5 Å². The summed E-state index contributed by atoms with van der Waals surface area (Å²) in [4.78, 5) is 0. The van der Waals surface area contributed by atoms with E-state index in [9.17, 15) is 5.11 Å². The van der Waals surface area contributed by atoms with Crippen molar-refractivity contribution in [3.8, 4) is 0 Å². The molecule has 72 valence electrons. The van der Waals surface area contributed by atoms with Crippen molar-refractivity contribution in [3.63, 3.8) is 0 Å². The molecular formula is C9H14N2OS. The Morgan fingerprint density at radius 3 is 2.92 bits per heavy atom. The van der Waals surface area contributed by atoms with Crippen LogP contribution >= 0.6 is 11.8 Å². The molecule has 0 spiro atoms. The van der Waals surface area contributed by atoms with Crippen LogP contribution in [0.15, 0.2) is 12.4 Å². The highest BCUT2D eigenvalue weighted by molar-refractivity contribution is 8.00. The molecule has 1 fully saturated rings. The van der Waals surface area contributed by atoms with Crippen LogP contribution in [0.3, 0.4) is 0 Å². The summed E-state index contributed by atoms with van der Waals surface area (Å²) in [7, 11) is 0. The van der Waals surface area contributed by atoms with E-state index in [4.69, 9.17) is 0 Å². The second kappa shape index (κ2) is 3.35. The van der Waals surface area contributed by atoms with Gasteiger partial charge in [-0.1, -0.05) is 0 Å². The number of hydrogen-bond donors (Lipinski definition) is 1. The first-order chi connectivity index (χ1) is 6.22. The topological polar surface area (TPSA) is 38.0 Å². The molecule has 4 heteroatoms. The molecule has 1 aromatic rings. The number of thioether (sulfide) groups is 1. The molecule has 0 saturated carbocycles. The molecule has 1 aliphatic heterocycles. The van der Waals surface area contributed by atoms with Gasteiger partial charge in [-0.05, 0) is 12.5 Å². The fraction of sp³-hybridized carbons (Fsp3) is 0.667. The first-order valence-corrected chi connectivity index (χ1v) is 5.69. The fourth-order valence-corrected chi connectivity index (χ4v) is 2.37. The summed E-state index contributed by atoms with van der Waals surface area (Å²) in [6.07, 6.45) is 4.62. The summed E-state index contributed by atoms with van der Waals surface area (Å²) >= 11 is 1.80.